The summed E-state index contributed by atoms with van der Waals surface area (Å²) in [6.45, 7) is 17.3. The highest BCUT2D eigenvalue weighted by Gasteiger charge is 2.40. The minimum atomic E-state index is -0.378. The van der Waals surface area contributed by atoms with Crippen LogP contribution in [0.25, 0.3) is 21.5 Å². The molecule has 1 saturated heterocycles. The standard InChI is InChI=1S/C29H42N4O4/c1-9-11-17(14-27(3,4)30-10-2)32-23(34)19-12-21-22(13-20(19)24(32)35)26(37)33(25(21)36)18-15-28(5,6)31-29(7,8)16-18/h12-13,17-18,30-31H,9-11,14-16H2,1-8H3. The van der Waals surface area contributed by atoms with Crippen molar-refractivity contribution in [2.45, 2.75) is 116 Å². The second kappa shape index (κ2) is 9.31. The van der Waals surface area contributed by atoms with E-state index in [0.717, 1.165) is 13.0 Å². The number of aromatic nitrogens is 2. The Morgan fingerprint density at radius 1 is 0.892 bits per heavy atom. The molecular formula is C29H42N4O4. The van der Waals surface area contributed by atoms with E-state index in [4.69, 9.17) is 0 Å². The molecule has 0 spiro atoms. The van der Waals surface area contributed by atoms with Crippen molar-refractivity contribution in [2.24, 2.45) is 0 Å². The molecule has 0 radical (unpaired) electrons. The molecule has 1 atom stereocenters. The van der Waals surface area contributed by atoms with Crippen molar-refractivity contribution >= 4 is 21.5 Å². The fourth-order valence-corrected chi connectivity index (χ4v) is 6.92. The molecule has 1 aliphatic rings. The number of hydrogen-bond donors (Lipinski definition) is 2. The summed E-state index contributed by atoms with van der Waals surface area (Å²) in [6.07, 6.45) is 3.40. The number of piperidine rings is 1. The molecule has 2 N–H and O–H groups in total. The van der Waals surface area contributed by atoms with E-state index >= 15 is 0 Å². The molecule has 0 saturated carbocycles. The van der Waals surface area contributed by atoms with Gasteiger partial charge >= 0.3 is 0 Å². The molecule has 202 valence electrons. The second-order valence-corrected chi connectivity index (χ2v) is 12.9. The van der Waals surface area contributed by atoms with Crippen LogP contribution in [0.5, 0.6) is 0 Å². The molecule has 3 heterocycles. The van der Waals surface area contributed by atoms with Crippen LogP contribution in [0.4, 0.5) is 0 Å². The summed E-state index contributed by atoms with van der Waals surface area (Å²) in [7, 11) is 0. The van der Waals surface area contributed by atoms with Gasteiger partial charge in [-0.2, -0.15) is 0 Å². The summed E-state index contributed by atoms with van der Waals surface area (Å²) >= 11 is 0. The Labute approximate surface area is 217 Å². The Hall–Kier alpha value is -2.58. The first-order valence-corrected chi connectivity index (χ1v) is 13.6. The van der Waals surface area contributed by atoms with Crippen LogP contribution < -0.4 is 32.9 Å². The molecule has 1 unspecified atom stereocenters. The van der Waals surface area contributed by atoms with Gasteiger partial charge in [-0.3, -0.25) is 28.3 Å². The molecule has 1 aliphatic heterocycles. The lowest BCUT2D eigenvalue weighted by Gasteiger charge is -2.46. The van der Waals surface area contributed by atoms with Crippen molar-refractivity contribution in [1.82, 2.24) is 19.8 Å². The van der Waals surface area contributed by atoms with Crippen LogP contribution in [0.15, 0.2) is 31.3 Å². The molecule has 37 heavy (non-hydrogen) atoms. The topological polar surface area (TPSA) is 102 Å². The van der Waals surface area contributed by atoms with Crippen LogP contribution in [0, 0.1) is 0 Å². The first-order valence-electron chi connectivity index (χ1n) is 13.6. The van der Waals surface area contributed by atoms with E-state index in [0.29, 0.717) is 25.7 Å². The van der Waals surface area contributed by atoms with E-state index in [1.165, 1.54) is 21.3 Å². The maximum Gasteiger partial charge on any atom is 0.261 e. The molecule has 1 aromatic carbocycles. The summed E-state index contributed by atoms with van der Waals surface area (Å²) < 4.78 is 2.71. The Bertz CT molecular complexity index is 1440. The second-order valence-electron chi connectivity index (χ2n) is 12.9. The lowest BCUT2D eigenvalue weighted by molar-refractivity contribution is 0.130. The van der Waals surface area contributed by atoms with E-state index in [9.17, 15) is 19.2 Å². The van der Waals surface area contributed by atoms with Gasteiger partial charge in [-0.25, -0.2) is 0 Å². The number of benzene rings is 1. The molecule has 4 rings (SSSR count). The van der Waals surface area contributed by atoms with Gasteiger partial charge in [-0.05, 0) is 85.9 Å². The van der Waals surface area contributed by atoms with Crippen LogP contribution in [-0.2, 0) is 0 Å². The van der Waals surface area contributed by atoms with Crippen LogP contribution >= 0.6 is 0 Å². The zero-order chi connectivity index (χ0) is 27.5. The van der Waals surface area contributed by atoms with Crippen molar-refractivity contribution in [3.05, 3.63) is 53.5 Å². The highest BCUT2D eigenvalue weighted by molar-refractivity contribution is 5.97. The average Bonchev–Trinajstić information content (AvgIpc) is 3.14. The molecule has 0 amide bonds. The van der Waals surface area contributed by atoms with Gasteiger partial charge in [0.15, 0.2) is 0 Å². The van der Waals surface area contributed by atoms with Crippen molar-refractivity contribution in [1.29, 1.82) is 0 Å². The molecule has 2 aromatic heterocycles. The van der Waals surface area contributed by atoms with E-state index in [1.807, 2.05) is 13.8 Å². The predicted molar refractivity (Wildman–Crippen MR) is 151 cm³/mol. The number of nitrogens with one attached hydrogen (secondary N) is 2. The van der Waals surface area contributed by atoms with E-state index in [2.05, 4.69) is 52.2 Å². The number of hydrogen-bond acceptors (Lipinski definition) is 6. The zero-order valence-corrected chi connectivity index (χ0v) is 23.6. The van der Waals surface area contributed by atoms with Crippen LogP contribution in [0.2, 0.25) is 0 Å². The van der Waals surface area contributed by atoms with Crippen molar-refractivity contribution in [3.63, 3.8) is 0 Å². The Balaban J connectivity index is 1.88. The summed E-state index contributed by atoms with van der Waals surface area (Å²) in [6, 6.07) is 2.43. The number of nitrogens with zero attached hydrogens (tertiary/aromatic N) is 2. The summed E-state index contributed by atoms with van der Waals surface area (Å²) in [4.78, 5) is 54.3. The number of rotatable bonds is 8. The van der Waals surface area contributed by atoms with Crippen molar-refractivity contribution in [2.75, 3.05) is 6.54 Å². The third-order valence-electron chi connectivity index (χ3n) is 7.88. The van der Waals surface area contributed by atoms with Gasteiger partial charge in [-0.15, -0.1) is 0 Å². The van der Waals surface area contributed by atoms with Gasteiger partial charge in [0.25, 0.3) is 22.2 Å². The number of fused-ring (bicyclic) bond motifs is 2. The fourth-order valence-electron chi connectivity index (χ4n) is 6.92. The minimum Gasteiger partial charge on any atom is -0.312 e. The van der Waals surface area contributed by atoms with Gasteiger partial charge in [0, 0.05) is 28.7 Å². The Morgan fingerprint density at radius 2 is 1.35 bits per heavy atom. The Kier molecular flexibility index (Phi) is 6.91. The van der Waals surface area contributed by atoms with Crippen molar-refractivity contribution in [3.8, 4) is 0 Å². The lowest BCUT2D eigenvalue weighted by atomic mass is 9.79. The molecule has 0 bridgehead atoms. The maximum absolute atomic E-state index is 13.6. The van der Waals surface area contributed by atoms with Gasteiger partial charge in [0.1, 0.15) is 0 Å². The van der Waals surface area contributed by atoms with Gasteiger partial charge in [0.05, 0.1) is 21.5 Å². The smallest absolute Gasteiger partial charge is 0.261 e. The van der Waals surface area contributed by atoms with E-state index < -0.39 is 0 Å². The fraction of sp³-hybridized carbons (Fsp3) is 0.655. The average molecular weight is 511 g/mol. The third-order valence-corrected chi connectivity index (χ3v) is 7.88. The predicted octanol–water partition coefficient (Wildman–Crippen LogP) is 3.51. The zero-order valence-electron chi connectivity index (χ0n) is 23.6. The normalized spacial score (nSPS) is 19.1. The first-order chi connectivity index (χ1) is 17.1. The molecule has 3 aromatic rings. The van der Waals surface area contributed by atoms with E-state index in [1.54, 1.807) is 0 Å². The van der Waals surface area contributed by atoms with Gasteiger partial charge in [0.2, 0.25) is 0 Å². The highest BCUT2D eigenvalue weighted by atomic mass is 16.2. The largest absolute Gasteiger partial charge is 0.312 e. The minimum absolute atomic E-state index is 0.222. The molecule has 0 aliphatic carbocycles. The van der Waals surface area contributed by atoms with Crippen LogP contribution in [0.1, 0.15) is 99.6 Å². The van der Waals surface area contributed by atoms with Gasteiger partial charge < -0.3 is 10.6 Å². The van der Waals surface area contributed by atoms with Crippen LogP contribution in [-0.4, -0.2) is 32.3 Å². The molecule has 8 heteroatoms. The summed E-state index contributed by atoms with van der Waals surface area (Å²) in [5.74, 6) is 0. The SMILES string of the molecule is CCCC(CC(C)(C)NCC)n1c(=O)c2cc3c(=O)n(C4CC(C)(C)NC(C)(C)C4)c(=O)c3cc2c1=O. The molecule has 8 nitrogen and oxygen atoms in total. The molecule has 1 fully saturated rings. The van der Waals surface area contributed by atoms with E-state index in [-0.39, 0.29) is 72.5 Å². The maximum atomic E-state index is 13.6. The monoisotopic (exact) mass is 510 g/mol. The lowest BCUT2D eigenvalue weighted by Crippen LogP contribution is -2.59. The third kappa shape index (κ3) is 4.98. The summed E-state index contributed by atoms with van der Waals surface area (Å²) in [5, 5.41) is 7.91. The highest BCUT2D eigenvalue weighted by Crippen LogP contribution is 2.35. The van der Waals surface area contributed by atoms with Crippen molar-refractivity contribution < 1.29 is 0 Å². The first kappa shape index (κ1) is 27.5. The summed E-state index contributed by atoms with van der Waals surface area (Å²) in [5.41, 5.74) is -2.26. The quantitative estimate of drug-likeness (QED) is 0.481. The van der Waals surface area contributed by atoms with Crippen LogP contribution in [0.3, 0.4) is 0 Å². The van der Waals surface area contributed by atoms with Gasteiger partial charge in [-0.1, -0.05) is 20.3 Å². The Morgan fingerprint density at radius 3 is 1.78 bits per heavy atom. The molecular weight excluding hydrogens is 468 g/mol.